The summed E-state index contributed by atoms with van der Waals surface area (Å²) in [6.45, 7) is 3.98. The Morgan fingerprint density at radius 2 is 2.31 bits per heavy atom. The second kappa shape index (κ2) is 5.84. The molecule has 0 bridgehead atoms. The molecule has 0 aliphatic heterocycles. The third-order valence-corrected chi connectivity index (χ3v) is 2.71. The summed E-state index contributed by atoms with van der Waals surface area (Å²) in [4.78, 5) is 15.1. The predicted molar refractivity (Wildman–Crippen MR) is 66.4 cm³/mol. The summed E-state index contributed by atoms with van der Waals surface area (Å²) in [5, 5.41) is 12.0. The van der Waals surface area contributed by atoms with Crippen LogP contribution in [-0.2, 0) is 4.79 Å². The highest BCUT2D eigenvalue weighted by Crippen LogP contribution is 2.20. The van der Waals surface area contributed by atoms with Crippen molar-refractivity contribution in [3.8, 4) is 0 Å². The number of nitrogens with zero attached hydrogens (tertiary/aromatic N) is 1. The molecule has 1 atom stereocenters. The quantitative estimate of drug-likeness (QED) is 0.874. The maximum absolute atomic E-state index is 11.0. The van der Waals surface area contributed by atoms with E-state index in [1.807, 2.05) is 19.9 Å². The number of pyridine rings is 1. The number of hydrogen-bond donors (Lipinski definition) is 2. The van der Waals surface area contributed by atoms with Crippen molar-refractivity contribution in [2.45, 2.75) is 26.3 Å². The Morgan fingerprint density at radius 1 is 1.62 bits per heavy atom. The second-order valence-corrected chi connectivity index (χ2v) is 4.85. The minimum atomic E-state index is -0.855. The van der Waals surface area contributed by atoms with Crippen molar-refractivity contribution in [2.75, 3.05) is 5.32 Å². The van der Waals surface area contributed by atoms with Crippen LogP contribution in [0.5, 0.6) is 0 Å². The number of aromatic nitrogens is 1. The van der Waals surface area contributed by atoms with Gasteiger partial charge in [-0.05, 0) is 40.4 Å². The molecular formula is C11H15BrN2O2. The van der Waals surface area contributed by atoms with Gasteiger partial charge in [0.05, 0.1) is 4.47 Å². The van der Waals surface area contributed by atoms with E-state index in [2.05, 4.69) is 26.2 Å². The van der Waals surface area contributed by atoms with Crippen molar-refractivity contribution >= 4 is 27.7 Å². The lowest BCUT2D eigenvalue weighted by Crippen LogP contribution is -2.31. The van der Waals surface area contributed by atoms with Gasteiger partial charge >= 0.3 is 5.97 Å². The van der Waals surface area contributed by atoms with Crippen molar-refractivity contribution < 1.29 is 9.90 Å². The Bertz CT molecular complexity index is 369. The minimum absolute atomic E-state index is 0.316. The van der Waals surface area contributed by atoms with Crippen LogP contribution in [0.2, 0.25) is 0 Å². The van der Waals surface area contributed by atoms with Gasteiger partial charge in [0.1, 0.15) is 11.9 Å². The lowest BCUT2D eigenvalue weighted by Gasteiger charge is -2.17. The molecule has 1 rings (SSSR count). The van der Waals surface area contributed by atoms with Crippen molar-refractivity contribution in [1.82, 2.24) is 4.98 Å². The average Bonchev–Trinajstić information content (AvgIpc) is 2.19. The van der Waals surface area contributed by atoms with E-state index in [1.165, 1.54) is 0 Å². The van der Waals surface area contributed by atoms with E-state index in [9.17, 15) is 4.79 Å². The van der Waals surface area contributed by atoms with E-state index in [4.69, 9.17) is 5.11 Å². The smallest absolute Gasteiger partial charge is 0.326 e. The van der Waals surface area contributed by atoms with Crippen LogP contribution >= 0.6 is 15.9 Å². The molecule has 0 saturated heterocycles. The van der Waals surface area contributed by atoms with Gasteiger partial charge in [0.25, 0.3) is 0 Å². The standard InChI is InChI=1S/C11H15BrN2O2/c1-7(2)6-9(11(15)16)14-10-8(12)4-3-5-13-10/h3-5,7,9H,6H2,1-2H3,(H,13,14)(H,15,16). The summed E-state index contributed by atoms with van der Waals surface area (Å²) in [5.74, 6) is 0.0258. The summed E-state index contributed by atoms with van der Waals surface area (Å²) in [7, 11) is 0. The first-order chi connectivity index (χ1) is 7.50. The fraction of sp³-hybridized carbons (Fsp3) is 0.455. The van der Waals surface area contributed by atoms with Crippen LogP contribution in [0.4, 0.5) is 5.82 Å². The molecule has 88 valence electrons. The molecule has 2 N–H and O–H groups in total. The van der Waals surface area contributed by atoms with E-state index in [0.29, 0.717) is 18.2 Å². The molecule has 0 aliphatic carbocycles. The number of carboxylic acid groups (broad SMARTS) is 1. The molecule has 0 radical (unpaired) electrons. The summed E-state index contributed by atoms with van der Waals surface area (Å²) < 4.78 is 0.769. The Labute approximate surface area is 103 Å². The molecule has 0 fully saturated rings. The van der Waals surface area contributed by atoms with Crippen LogP contribution in [-0.4, -0.2) is 22.1 Å². The van der Waals surface area contributed by atoms with Gasteiger partial charge in [-0.2, -0.15) is 0 Å². The molecule has 0 aliphatic rings. The van der Waals surface area contributed by atoms with Gasteiger partial charge in [0.15, 0.2) is 0 Å². The van der Waals surface area contributed by atoms with Gasteiger partial charge in [-0.3, -0.25) is 0 Å². The van der Waals surface area contributed by atoms with Crippen LogP contribution in [0.15, 0.2) is 22.8 Å². The molecular weight excluding hydrogens is 272 g/mol. The van der Waals surface area contributed by atoms with Gasteiger partial charge < -0.3 is 10.4 Å². The van der Waals surface area contributed by atoms with E-state index in [1.54, 1.807) is 12.3 Å². The van der Waals surface area contributed by atoms with Crippen LogP contribution in [0.25, 0.3) is 0 Å². The average molecular weight is 287 g/mol. The van der Waals surface area contributed by atoms with Crippen molar-refractivity contribution in [3.63, 3.8) is 0 Å². The summed E-state index contributed by atoms with van der Waals surface area (Å²) in [5.41, 5.74) is 0. The Morgan fingerprint density at radius 3 is 2.81 bits per heavy atom. The SMILES string of the molecule is CC(C)CC(Nc1ncccc1Br)C(=O)O. The van der Waals surface area contributed by atoms with Crippen LogP contribution < -0.4 is 5.32 Å². The normalized spacial score (nSPS) is 12.5. The van der Waals surface area contributed by atoms with Crippen molar-refractivity contribution in [2.24, 2.45) is 5.92 Å². The van der Waals surface area contributed by atoms with Gasteiger partial charge in [-0.25, -0.2) is 9.78 Å². The largest absolute Gasteiger partial charge is 0.480 e. The fourth-order valence-corrected chi connectivity index (χ4v) is 1.72. The van der Waals surface area contributed by atoms with Crippen LogP contribution in [0.1, 0.15) is 20.3 Å². The van der Waals surface area contributed by atoms with E-state index in [-0.39, 0.29) is 0 Å². The molecule has 0 amide bonds. The first-order valence-electron chi connectivity index (χ1n) is 5.10. The zero-order valence-corrected chi connectivity index (χ0v) is 10.9. The molecule has 0 aromatic carbocycles. The molecule has 1 heterocycles. The molecule has 16 heavy (non-hydrogen) atoms. The number of rotatable bonds is 5. The van der Waals surface area contributed by atoms with Gasteiger partial charge in [0.2, 0.25) is 0 Å². The Hall–Kier alpha value is -1.10. The van der Waals surface area contributed by atoms with Crippen LogP contribution in [0, 0.1) is 5.92 Å². The summed E-state index contributed by atoms with van der Waals surface area (Å²) in [6.07, 6.45) is 2.19. The topological polar surface area (TPSA) is 62.2 Å². The van der Waals surface area contributed by atoms with Crippen molar-refractivity contribution in [1.29, 1.82) is 0 Å². The lowest BCUT2D eigenvalue weighted by atomic mass is 10.0. The zero-order valence-electron chi connectivity index (χ0n) is 9.27. The maximum atomic E-state index is 11.0. The summed E-state index contributed by atoms with van der Waals surface area (Å²) >= 11 is 3.32. The first kappa shape index (κ1) is 13.0. The number of aliphatic carboxylic acids is 1. The second-order valence-electron chi connectivity index (χ2n) is 4.00. The molecule has 0 spiro atoms. The number of carbonyl (C=O) groups is 1. The Kier molecular flexibility index (Phi) is 4.73. The molecule has 1 aromatic heterocycles. The third kappa shape index (κ3) is 3.81. The van der Waals surface area contributed by atoms with Gasteiger partial charge in [-0.1, -0.05) is 13.8 Å². The monoisotopic (exact) mass is 286 g/mol. The molecule has 4 nitrogen and oxygen atoms in total. The zero-order chi connectivity index (χ0) is 12.1. The van der Waals surface area contributed by atoms with E-state index >= 15 is 0 Å². The Balaban J connectivity index is 2.76. The number of halogens is 1. The van der Waals surface area contributed by atoms with Gasteiger partial charge in [-0.15, -0.1) is 0 Å². The molecule has 1 aromatic rings. The van der Waals surface area contributed by atoms with Crippen molar-refractivity contribution in [3.05, 3.63) is 22.8 Å². The molecule has 0 saturated carbocycles. The highest BCUT2D eigenvalue weighted by atomic mass is 79.9. The highest BCUT2D eigenvalue weighted by molar-refractivity contribution is 9.10. The molecule has 1 unspecified atom stereocenters. The number of hydrogen-bond acceptors (Lipinski definition) is 3. The van der Waals surface area contributed by atoms with Crippen LogP contribution in [0.3, 0.4) is 0 Å². The minimum Gasteiger partial charge on any atom is -0.480 e. The third-order valence-electron chi connectivity index (χ3n) is 2.07. The first-order valence-corrected chi connectivity index (χ1v) is 5.90. The fourth-order valence-electron chi connectivity index (χ4n) is 1.35. The molecule has 5 heteroatoms. The van der Waals surface area contributed by atoms with E-state index < -0.39 is 12.0 Å². The van der Waals surface area contributed by atoms with Gasteiger partial charge in [0, 0.05) is 6.20 Å². The lowest BCUT2D eigenvalue weighted by molar-refractivity contribution is -0.138. The number of nitrogens with one attached hydrogen (secondary N) is 1. The summed E-state index contributed by atoms with van der Waals surface area (Å²) in [6, 6.07) is 3.00. The number of carboxylic acids is 1. The predicted octanol–water partition coefficient (Wildman–Crippen LogP) is 2.76. The maximum Gasteiger partial charge on any atom is 0.326 e. The van der Waals surface area contributed by atoms with E-state index in [0.717, 1.165) is 4.47 Å². The highest BCUT2D eigenvalue weighted by Gasteiger charge is 2.19. The number of anilines is 1.